The second-order valence-electron chi connectivity index (χ2n) is 7.07. The van der Waals surface area contributed by atoms with Gasteiger partial charge in [0, 0.05) is 18.7 Å². The molecule has 6 nitrogen and oxygen atoms in total. The van der Waals surface area contributed by atoms with E-state index in [1.165, 1.54) is 7.11 Å². The van der Waals surface area contributed by atoms with Crippen LogP contribution in [0.4, 0.5) is 10.5 Å². The van der Waals surface area contributed by atoms with Crippen molar-refractivity contribution in [1.29, 1.82) is 0 Å². The Morgan fingerprint density at radius 3 is 2.23 bits per heavy atom. The van der Waals surface area contributed by atoms with Gasteiger partial charge in [0.1, 0.15) is 11.9 Å². The number of hydrogen-bond acceptors (Lipinski definition) is 4. The Balaban J connectivity index is 1.63. The van der Waals surface area contributed by atoms with Crippen LogP contribution in [0.5, 0.6) is 5.75 Å². The molecule has 0 fully saturated rings. The third-order valence-corrected chi connectivity index (χ3v) is 4.73. The average molecular weight is 418 g/mol. The van der Waals surface area contributed by atoms with Gasteiger partial charge < -0.3 is 20.1 Å². The molecule has 6 heteroatoms. The van der Waals surface area contributed by atoms with Crippen LogP contribution in [0.25, 0.3) is 0 Å². The molecule has 3 aromatic carbocycles. The fourth-order valence-electron chi connectivity index (χ4n) is 3.04. The topological polar surface area (TPSA) is 76.7 Å². The number of aryl methyl sites for hydroxylation is 1. The lowest BCUT2D eigenvalue weighted by Crippen LogP contribution is -2.30. The number of esters is 1. The fraction of sp³-hybridized carbons (Fsp3) is 0.200. The van der Waals surface area contributed by atoms with E-state index in [4.69, 9.17) is 9.47 Å². The first kappa shape index (κ1) is 21.9. The van der Waals surface area contributed by atoms with Gasteiger partial charge in [0.15, 0.2) is 0 Å². The number of carbonyl (C=O) groups is 2. The van der Waals surface area contributed by atoms with Crippen molar-refractivity contribution in [2.24, 2.45) is 0 Å². The zero-order valence-corrected chi connectivity index (χ0v) is 17.6. The number of urea groups is 1. The summed E-state index contributed by atoms with van der Waals surface area (Å²) in [5.74, 6) is 0.238. The minimum Gasteiger partial charge on any atom is -0.486 e. The molecule has 1 unspecified atom stereocenters. The maximum Gasteiger partial charge on any atom is 0.337 e. The third-order valence-electron chi connectivity index (χ3n) is 4.73. The highest BCUT2D eigenvalue weighted by Crippen LogP contribution is 2.25. The predicted molar refractivity (Wildman–Crippen MR) is 120 cm³/mol. The lowest BCUT2D eigenvalue weighted by molar-refractivity contribution is 0.0600. The van der Waals surface area contributed by atoms with Crippen molar-refractivity contribution in [3.63, 3.8) is 0 Å². The Kier molecular flexibility index (Phi) is 7.65. The number of benzene rings is 3. The van der Waals surface area contributed by atoms with E-state index in [1.807, 2.05) is 61.5 Å². The van der Waals surface area contributed by atoms with E-state index in [0.717, 1.165) is 16.8 Å². The number of hydrogen-bond donors (Lipinski definition) is 2. The zero-order valence-electron chi connectivity index (χ0n) is 17.6. The summed E-state index contributed by atoms with van der Waals surface area (Å²) in [6.07, 6.45) is 0.311. The highest BCUT2D eigenvalue weighted by Gasteiger charge is 2.15. The molecule has 0 spiro atoms. The normalized spacial score (nSPS) is 11.3. The monoisotopic (exact) mass is 418 g/mol. The fourth-order valence-corrected chi connectivity index (χ4v) is 3.04. The lowest BCUT2D eigenvalue weighted by atomic mass is 10.0. The van der Waals surface area contributed by atoms with Crippen LogP contribution in [0.3, 0.4) is 0 Å². The highest BCUT2D eigenvalue weighted by molar-refractivity contribution is 5.89. The molecule has 1 atom stereocenters. The average Bonchev–Trinajstić information content (AvgIpc) is 2.79. The molecule has 0 aliphatic carbocycles. The van der Waals surface area contributed by atoms with Crippen LogP contribution in [0.15, 0.2) is 78.9 Å². The number of methoxy groups -OCH3 is 1. The van der Waals surface area contributed by atoms with Gasteiger partial charge >= 0.3 is 12.0 Å². The van der Waals surface area contributed by atoms with Gasteiger partial charge in [-0.2, -0.15) is 0 Å². The maximum absolute atomic E-state index is 12.2. The van der Waals surface area contributed by atoms with E-state index in [1.54, 1.807) is 24.3 Å². The SMILES string of the molecule is COC(=O)c1ccc(OC(CCNC(=O)Nc2ccccc2)c2ccc(C)cc2)cc1. The lowest BCUT2D eigenvalue weighted by Gasteiger charge is -2.20. The minimum absolute atomic E-state index is 0.262. The summed E-state index contributed by atoms with van der Waals surface area (Å²) in [6, 6.07) is 23.9. The van der Waals surface area contributed by atoms with Crippen LogP contribution in [-0.4, -0.2) is 25.7 Å². The van der Waals surface area contributed by atoms with Gasteiger partial charge in [-0.15, -0.1) is 0 Å². The van der Waals surface area contributed by atoms with Crippen LogP contribution in [0.2, 0.25) is 0 Å². The molecule has 0 aliphatic heterocycles. The third kappa shape index (κ3) is 6.60. The number of para-hydroxylation sites is 1. The van der Waals surface area contributed by atoms with Crippen LogP contribution >= 0.6 is 0 Å². The zero-order chi connectivity index (χ0) is 22.1. The molecule has 0 aliphatic rings. The van der Waals surface area contributed by atoms with Crippen LogP contribution in [-0.2, 0) is 4.74 Å². The first-order chi connectivity index (χ1) is 15.0. The van der Waals surface area contributed by atoms with Crippen LogP contribution in [0.1, 0.15) is 34.0 Å². The molecule has 0 radical (unpaired) electrons. The van der Waals surface area contributed by atoms with Crippen molar-refractivity contribution in [1.82, 2.24) is 5.32 Å². The summed E-state index contributed by atoms with van der Waals surface area (Å²) in [7, 11) is 1.35. The number of carbonyl (C=O) groups excluding carboxylic acids is 2. The molecule has 160 valence electrons. The molecule has 2 N–H and O–H groups in total. The Morgan fingerprint density at radius 1 is 0.903 bits per heavy atom. The largest absolute Gasteiger partial charge is 0.486 e. The van der Waals surface area contributed by atoms with E-state index in [2.05, 4.69) is 10.6 Å². The van der Waals surface area contributed by atoms with E-state index >= 15 is 0 Å². The number of rotatable bonds is 8. The van der Waals surface area contributed by atoms with Crippen molar-refractivity contribution >= 4 is 17.7 Å². The van der Waals surface area contributed by atoms with Gasteiger partial charge in [0.2, 0.25) is 0 Å². The second kappa shape index (κ2) is 10.8. The molecule has 0 bridgehead atoms. The van der Waals surface area contributed by atoms with E-state index in [-0.39, 0.29) is 12.1 Å². The number of amides is 2. The van der Waals surface area contributed by atoms with Crippen molar-refractivity contribution < 1.29 is 19.1 Å². The Labute approximate surface area is 182 Å². The van der Waals surface area contributed by atoms with Crippen molar-refractivity contribution in [3.8, 4) is 5.75 Å². The standard InChI is InChI=1S/C25H26N2O4/c1-18-8-10-19(11-9-18)23(31-22-14-12-20(13-15-22)24(28)30-2)16-17-26-25(29)27-21-6-4-3-5-7-21/h3-15,23H,16-17H2,1-2H3,(H2,26,27,29). The number of anilines is 1. The molecule has 31 heavy (non-hydrogen) atoms. The van der Waals surface area contributed by atoms with Gasteiger partial charge in [0.05, 0.1) is 12.7 Å². The van der Waals surface area contributed by atoms with Gasteiger partial charge in [-0.25, -0.2) is 9.59 Å². The first-order valence-corrected chi connectivity index (χ1v) is 10.1. The highest BCUT2D eigenvalue weighted by atomic mass is 16.5. The molecule has 0 heterocycles. The van der Waals surface area contributed by atoms with Crippen LogP contribution in [0, 0.1) is 6.92 Å². The van der Waals surface area contributed by atoms with Gasteiger partial charge in [-0.1, -0.05) is 48.0 Å². The first-order valence-electron chi connectivity index (χ1n) is 10.1. The van der Waals surface area contributed by atoms with Crippen LogP contribution < -0.4 is 15.4 Å². The molecule has 3 aromatic rings. The van der Waals surface area contributed by atoms with E-state index < -0.39 is 5.97 Å². The Morgan fingerprint density at radius 2 is 1.58 bits per heavy atom. The molecule has 0 aromatic heterocycles. The quantitative estimate of drug-likeness (QED) is 0.498. The minimum atomic E-state index is -0.393. The summed E-state index contributed by atoms with van der Waals surface area (Å²) in [4.78, 5) is 23.8. The van der Waals surface area contributed by atoms with Crippen molar-refractivity contribution in [3.05, 3.63) is 95.6 Å². The summed E-state index contributed by atoms with van der Waals surface area (Å²) in [5.41, 5.74) is 3.36. The molecule has 0 saturated carbocycles. The van der Waals surface area contributed by atoms with Gasteiger partial charge in [-0.05, 0) is 48.9 Å². The van der Waals surface area contributed by atoms with Gasteiger partial charge in [0.25, 0.3) is 0 Å². The molecule has 0 saturated heterocycles. The van der Waals surface area contributed by atoms with E-state index in [9.17, 15) is 9.59 Å². The van der Waals surface area contributed by atoms with E-state index in [0.29, 0.717) is 24.3 Å². The van der Waals surface area contributed by atoms with Gasteiger partial charge in [-0.3, -0.25) is 0 Å². The predicted octanol–water partition coefficient (Wildman–Crippen LogP) is 5.11. The summed E-state index contributed by atoms with van der Waals surface area (Å²) in [6.45, 7) is 2.46. The molecular weight excluding hydrogens is 392 g/mol. The number of ether oxygens (including phenoxy) is 2. The Bertz CT molecular complexity index is 986. The maximum atomic E-state index is 12.2. The summed E-state index contributed by atoms with van der Waals surface area (Å²) in [5, 5.41) is 5.67. The van der Waals surface area contributed by atoms with Crippen molar-refractivity contribution in [2.45, 2.75) is 19.4 Å². The Hall–Kier alpha value is -3.80. The number of nitrogens with one attached hydrogen (secondary N) is 2. The van der Waals surface area contributed by atoms with Crippen molar-refractivity contribution in [2.75, 3.05) is 19.0 Å². The second-order valence-corrected chi connectivity index (χ2v) is 7.07. The summed E-state index contributed by atoms with van der Waals surface area (Å²) >= 11 is 0. The smallest absolute Gasteiger partial charge is 0.337 e. The summed E-state index contributed by atoms with van der Waals surface area (Å²) < 4.78 is 10.9. The molecule has 2 amide bonds. The molecular formula is C25H26N2O4. The molecule has 3 rings (SSSR count).